The molecular formula is C17H12Cl2O. The van der Waals surface area contributed by atoms with Crippen molar-refractivity contribution in [1.29, 1.82) is 0 Å². The molecule has 3 heteroatoms. The normalized spacial score (nSPS) is 10.7. The lowest BCUT2D eigenvalue weighted by molar-refractivity contribution is 0.488. The summed E-state index contributed by atoms with van der Waals surface area (Å²) in [4.78, 5) is 0. The molecule has 100 valence electrons. The maximum Gasteiger partial charge on any atom is 0.135 e. The fourth-order valence-corrected chi connectivity index (χ4v) is 2.54. The van der Waals surface area contributed by atoms with E-state index in [9.17, 15) is 0 Å². The number of ether oxygens (including phenoxy) is 1. The molecule has 20 heavy (non-hydrogen) atoms. The first-order chi connectivity index (χ1) is 9.78. The highest BCUT2D eigenvalue weighted by atomic mass is 35.5. The second kappa shape index (κ2) is 5.74. The molecule has 0 aliphatic heterocycles. The average Bonchev–Trinajstić information content (AvgIpc) is 2.51. The van der Waals surface area contributed by atoms with Gasteiger partial charge >= 0.3 is 0 Å². The lowest BCUT2D eigenvalue weighted by Crippen LogP contribution is -1.87. The third kappa shape index (κ3) is 2.60. The summed E-state index contributed by atoms with van der Waals surface area (Å²) in [6.45, 7) is 0. The second-order valence-corrected chi connectivity index (χ2v) is 5.15. The number of rotatable bonds is 3. The Labute approximate surface area is 127 Å². The van der Waals surface area contributed by atoms with Gasteiger partial charge in [0.15, 0.2) is 0 Å². The van der Waals surface area contributed by atoms with Crippen molar-refractivity contribution < 1.29 is 4.74 Å². The lowest BCUT2D eigenvalue weighted by atomic mass is 10.1. The third-order valence-corrected chi connectivity index (χ3v) is 3.75. The van der Waals surface area contributed by atoms with Crippen LogP contribution in [0.3, 0.4) is 0 Å². The van der Waals surface area contributed by atoms with Gasteiger partial charge in [-0.2, -0.15) is 0 Å². The van der Waals surface area contributed by atoms with Gasteiger partial charge in [-0.15, -0.1) is 11.6 Å². The van der Waals surface area contributed by atoms with Gasteiger partial charge < -0.3 is 4.74 Å². The quantitative estimate of drug-likeness (QED) is 0.537. The Bertz CT molecular complexity index is 753. The molecule has 0 saturated heterocycles. The molecule has 3 rings (SSSR count). The minimum Gasteiger partial charge on any atom is -0.457 e. The van der Waals surface area contributed by atoms with E-state index >= 15 is 0 Å². The summed E-state index contributed by atoms with van der Waals surface area (Å²) >= 11 is 12.1. The number of benzene rings is 3. The minimum absolute atomic E-state index is 0.471. The highest BCUT2D eigenvalue weighted by Crippen LogP contribution is 2.34. The van der Waals surface area contributed by atoms with Crippen LogP contribution in [0.2, 0.25) is 5.02 Å². The summed E-state index contributed by atoms with van der Waals surface area (Å²) in [7, 11) is 0. The van der Waals surface area contributed by atoms with Crippen molar-refractivity contribution in [2.75, 3.05) is 0 Å². The molecule has 0 radical (unpaired) electrons. The van der Waals surface area contributed by atoms with Crippen molar-refractivity contribution in [2.24, 2.45) is 0 Å². The van der Waals surface area contributed by atoms with Gasteiger partial charge in [-0.1, -0.05) is 48.0 Å². The highest BCUT2D eigenvalue weighted by molar-refractivity contribution is 6.35. The van der Waals surface area contributed by atoms with E-state index in [1.54, 1.807) is 0 Å². The molecule has 0 aliphatic carbocycles. The highest BCUT2D eigenvalue weighted by Gasteiger charge is 2.06. The first-order valence-electron chi connectivity index (χ1n) is 6.28. The Balaban J connectivity index is 2.04. The first-order valence-corrected chi connectivity index (χ1v) is 7.19. The Kier molecular flexibility index (Phi) is 3.81. The van der Waals surface area contributed by atoms with E-state index in [0.717, 1.165) is 32.9 Å². The van der Waals surface area contributed by atoms with Crippen LogP contribution in [0.1, 0.15) is 5.56 Å². The number of hydrogen-bond donors (Lipinski definition) is 0. The maximum atomic E-state index is 6.21. The van der Waals surface area contributed by atoms with Crippen LogP contribution in [0.25, 0.3) is 10.8 Å². The third-order valence-electron chi connectivity index (χ3n) is 3.11. The van der Waals surface area contributed by atoms with E-state index < -0.39 is 0 Å². The smallest absolute Gasteiger partial charge is 0.135 e. The van der Waals surface area contributed by atoms with E-state index in [1.807, 2.05) is 60.7 Å². The van der Waals surface area contributed by atoms with Gasteiger partial charge in [-0.3, -0.25) is 0 Å². The average molecular weight is 303 g/mol. The van der Waals surface area contributed by atoms with Gasteiger partial charge in [0.25, 0.3) is 0 Å². The monoisotopic (exact) mass is 302 g/mol. The van der Waals surface area contributed by atoms with Crippen LogP contribution in [0, 0.1) is 0 Å². The predicted octanol–water partition coefficient (Wildman–Crippen LogP) is 6.02. The number of hydrogen-bond acceptors (Lipinski definition) is 1. The summed E-state index contributed by atoms with van der Waals surface area (Å²) < 4.78 is 5.97. The second-order valence-electron chi connectivity index (χ2n) is 4.47. The van der Waals surface area contributed by atoms with Crippen molar-refractivity contribution in [3.05, 3.63) is 71.2 Å². The van der Waals surface area contributed by atoms with Crippen LogP contribution >= 0.6 is 23.2 Å². The van der Waals surface area contributed by atoms with E-state index in [2.05, 4.69) is 0 Å². The maximum absolute atomic E-state index is 6.21. The molecule has 0 aromatic heterocycles. The molecule has 3 aromatic carbocycles. The summed E-state index contributed by atoms with van der Waals surface area (Å²) in [5.41, 5.74) is 1.03. The van der Waals surface area contributed by atoms with Crippen LogP contribution in [-0.4, -0.2) is 0 Å². The molecule has 0 bridgehead atoms. The van der Waals surface area contributed by atoms with Crippen LogP contribution in [0.5, 0.6) is 11.5 Å². The molecule has 0 heterocycles. The summed E-state index contributed by atoms with van der Waals surface area (Å²) in [6.07, 6.45) is 0. The first kappa shape index (κ1) is 13.3. The van der Waals surface area contributed by atoms with Crippen LogP contribution in [-0.2, 0) is 5.88 Å². The zero-order valence-corrected chi connectivity index (χ0v) is 12.2. The van der Waals surface area contributed by atoms with E-state index in [4.69, 9.17) is 27.9 Å². The molecular weight excluding hydrogens is 291 g/mol. The Morgan fingerprint density at radius 3 is 2.45 bits per heavy atom. The topological polar surface area (TPSA) is 9.23 Å². The van der Waals surface area contributed by atoms with Crippen LogP contribution in [0.15, 0.2) is 60.7 Å². The van der Waals surface area contributed by atoms with Gasteiger partial charge in [-0.25, -0.2) is 0 Å². The number of fused-ring (bicyclic) bond motifs is 1. The molecule has 0 N–H and O–H groups in total. The van der Waals surface area contributed by atoms with Gasteiger partial charge in [0.1, 0.15) is 11.5 Å². The van der Waals surface area contributed by atoms with Crippen molar-refractivity contribution in [2.45, 2.75) is 5.88 Å². The molecule has 1 nitrogen and oxygen atoms in total. The van der Waals surface area contributed by atoms with Gasteiger partial charge in [-0.05, 0) is 29.8 Å². The Morgan fingerprint density at radius 2 is 1.65 bits per heavy atom. The molecule has 0 amide bonds. The van der Waals surface area contributed by atoms with Crippen molar-refractivity contribution in [3.8, 4) is 11.5 Å². The van der Waals surface area contributed by atoms with Crippen molar-refractivity contribution in [1.82, 2.24) is 0 Å². The van der Waals surface area contributed by atoms with Crippen molar-refractivity contribution in [3.63, 3.8) is 0 Å². The molecule has 0 saturated carbocycles. The van der Waals surface area contributed by atoms with Gasteiger partial charge in [0, 0.05) is 21.7 Å². The standard InChI is InChI=1S/C17H12Cl2O/c18-11-12-4-3-5-13(10-12)20-17-9-8-16(19)14-6-1-2-7-15(14)17/h1-10H,11H2. The number of halogens is 2. The fraction of sp³-hybridized carbons (Fsp3) is 0.0588. The van der Waals surface area contributed by atoms with Crippen molar-refractivity contribution >= 4 is 34.0 Å². The van der Waals surface area contributed by atoms with E-state index in [0.29, 0.717) is 5.88 Å². The minimum atomic E-state index is 0.471. The van der Waals surface area contributed by atoms with Gasteiger partial charge in [0.2, 0.25) is 0 Å². The zero-order valence-electron chi connectivity index (χ0n) is 10.6. The lowest BCUT2D eigenvalue weighted by Gasteiger charge is -2.10. The summed E-state index contributed by atoms with van der Waals surface area (Å²) in [5.74, 6) is 2.03. The molecule has 0 unspecified atom stereocenters. The molecule has 0 fully saturated rings. The Morgan fingerprint density at radius 1 is 0.850 bits per heavy atom. The predicted molar refractivity (Wildman–Crippen MR) is 85.0 cm³/mol. The van der Waals surface area contributed by atoms with Crippen LogP contribution in [0.4, 0.5) is 0 Å². The molecule has 0 spiro atoms. The SMILES string of the molecule is ClCc1cccc(Oc2ccc(Cl)c3ccccc23)c1. The summed E-state index contributed by atoms with van der Waals surface area (Å²) in [5, 5.41) is 2.71. The number of alkyl halides is 1. The van der Waals surface area contributed by atoms with Gasteiger partial charge in [0.05, 0.1) is 0 Å². The fourth-order valence-electron chi connectivity index (χ4n) is 2.14. The molecule has 0 aliphatic rings. The zero-order chi connectivity index (χ0) is 13.9. The molecule has 0 atom stereocenters. The summed E-state index contributed by atoms with van der Waals surface area (Å²) in [6, 6.07) is 19.4. The Hall–Kier alpha value is -1.70. The molecule has 3 aromatic rings. The van der Waals surface area contributed by atoms with Crippen LogP contribution < -0.4 is 4.74 Å². The van der Waals surface area contributed by atoms with E-state index in [1.165, 1.54) is 0 Å². The largest absolute Gasteiger partial charge is 0.457 e. The van der Waals surface area contributed by atoms with E-state index in [-0.39, 0.29) is 0 Å².